The van der Waals surface area contributed by atoms with Gasteiger partial charge in [0.15, 0.2) is 0 Å². The second kappa shape index (κ2) is 28.3. The maximum absolute atomic E-state index is 11.8. The Morgan fingerprint density at radius 3 is 1.62 bits per heavy atom. The zero-order chi connectivity index (χ0) is 31.2. The highest BCUT2D eigenvalue weighted by molar-refractivity contribution is 7.47. The van der Waals surface area contributed by atoms with Crippen LogP contribution in [0.1, 0.15) is 71.6 Å². The topological polar surface area (TPSA) is 131 Å². The second-order valence-electron chi connectivity index (χ2n) is 8.96. The molecule has 0 aromatic heterocycles. The molecule has 0 spiro atoms. The molecule has 0 fully saturated rings. The number of rotatable bonds is 25. The average molecular weight is 608 g/mol. The molecule has 10 heteroatoms. The van der Waals surface area contributed by atoms with Crippen LogP contribution in [0.5, 0.6) is 0 Å². The Bertz CT molecular complexity index is 966. The number of hydrogen-bond donors (Lipinski definition) is 3. The Labute approximate surface area is 252 Å². The molecule has 9 nitrogen and oxygen atoms in total. The van der Waals surface area contributed by atoms with Crippen LogP contribution >= 0.6 is 7.82 Å². The number of nitrogens with one attached hydrogen (secondary N) is 1. The lowest BCUT2D eigenvalue weighted by molar-refractivity contribution is -0.146. The quantitative estimate of drug-likeness (QED) is 0.0459. The van der Waals surface area contributed by atoms with Gasteiger partial charge in [-0.3, -0.25) is 18.6 Å². The molecule has 0 aromatic carbocycles. The van der Waals surface area contributed by atoms with Crippen molar-refractivity contribution in [3.05, 3.63) is 85.1 Å². The monoisotopic (exact) mass is 607 g/mol. The summed E-state index contributed by atoms with van der Waals surface area (Å²) in [5, 5.41) is 12.3. The van der Waals surface area contributed by atoms with Crippen LogP contribution in [0, 0.1) is 0 Å². The van der Waals surface area contributed by atoms with E-state index in [4.69, 9.17) is 4.74 Å². The van der Waals surface area contributed by atoms with Crippen LogP contribution in [0.4, 0.5) is 0 Å². The normalized spacial score (nSPS) is 14.9. The van der Waals surface area contributed by atoms with Crippen molar-refractivity contribution >= 4 is 19.7 Å². The van der Waals surface area contributed by atoms with Crippen LogP contribution in [0.3, 0.4) is 0 Å². The maximum atomic E-state index is 11.8. The highest BCUT2D eigenvalue weighted by Crippen LogP contribution is 2.42. The summed E-state index contributed by atoms with van der Waals surface area (Å²) in [5.74, 6) is -0.753. The Kier molecular flexibility index (Phi) is 26.4. The van der Waals surface area contributed by atoms with Crippen LogP contribution in [-0.2, 0) is 27.9 Å². The number of carbonyl (C=O) groups excluding carboxylic acids is 2. The summed E-state index contributed by atoms with van der Waals surface area (Å²) < 4.78 is 26.0. The van der Waals surface area contributed by atoms with Gasteiger partial charge in [0, 0.05) is 13.0 Å². The van der Waals surface area contributed by atoms with Gasteiger partial charge in [-0.25, -0.2) is 4.57 Å². The first-order chi connectivity index (χ1) is 20.3. The molecule has 0 saturated carbocycles. The predicted octanol–water partition coefficient (Wildman–Crippen LogP) is 6.58. The summed E-state index contributed by atoms with van der Waals surface area (Å²) in [6.07, 6.45) is 34.7. The molecule has 1 amide bonds. The van der Waals surface area contributed by atoms with Gasteiger partial charge in [0.2, 0.25) is 5.91 Å². The molecule has 0 bridgehead atoms. The average Bonchev–Trinajstić information content (AvgIpc) is 2.97. The molecule has 0 aliphatic heterocycles. The number of amides is 1. The molecule has 0 aliphatic rings. The van der Waals surface area contributed by atoms with Crippen molar-refractivity contribution in [1.82, 2.24) is 5.32 Å². The van der Waals surface area contributed by atoms with E-state index in [1.165, 1.54) is 0 Å². The fourth-order valence-electron chi connectivity index (χ4n) is 2.96. The van der Waals surface area contributed by atoms with Crippen molar-refractivity contribution in [3.8, 4) is 0 Å². The summed E-state index contributed by atoms with van der Waals surface area (Å²) in [5.41, 5.74) is 0. The minimum absolute atomic E-state index is 0.0429. The van der Waals surface area contributed by atoms with Gasteiger partial charge in [0.05, 0.1) is 19.6 Å². The zero-order valence-corrected chi connectivity index (χ0v) is 26.0. The predicted molar refractivity (Wildman–Crippen MR) is 169 cm³/mol. The van der Waals surface area contributed by atoms with Gasteiger partial charge in [-0.2, -0.15) is 0 Å². The van der Waals surface area contributed by atoms with E-state index in [9.17, 15) is 24.2 Å². The van der Waals surface area contributed by atoms with E-state index in [2.05, 4.69) is 88.1 Å². The number of aliphatic hydroxyl groups excluding tert-OH is 1. The SMILES string of the molecule is CC/C=C\C/C=C\C/C=C\C/C=C\C/C=C\C/C=C\C/C=C\CC(=O)OCC(O)COP(=O)(O)OCCNC(=O)CC. The molecule has 0 aliphatic carbocycles. The summed E-state index contributed by atoms with van der Waals surface area (Å²) in [7, 11) is -4.40. The summed E-state index contributed by atoms with van der Waals surface area (Å²) in [6, 6.07) is 0. The standard InChI is InChI=1S/C32H50NO8P/c1-3-5-6-7-8-9-10-11-12-13-14-15-16-17-18-19-20-21-22-23-24-25-32(36)39-28-30(34)29-41-42(37,38)40-27-26-33-31(35)4-2/h5-6,8-9,11-12,14-15,17-18,20-21,23-24,30,34H,3-4,7,10,13,16,19,22,25-29H2,1-2H3,(H,33,35)(H,37,38)/b6-5-,9-8-,12-11-,15-14-,18-17-,21-20-,24-23-. The number of phosphoric ester groups is 1. The number of ether oxygens (including phenoxy) is 1. The molecule has 3 N–H and O–H groups in total. The first-order valence-corrected chi connectivity index (χ1v) is 16.1. The summed E-state index contributed by atoms with van der Waals surface area (Å²) >= 11 is 0. The van der Waals surface area contributed by atoms with Gasteiger partial charge in [-0.05, 0) is 44.9 Å². The first kappa shape index (κ1) is 39.2. The van der Waals surface area contributed by atoms with E-state index in [-0.39, 0.29) is 38.5 Å². The fraction of sp³-hybridized carbons (Fsp3) is 0.500. The van der Waals surface area contributed by atoms with Crippen molar-refractivity contribution in [2.75, 3.05) is 26.4 Å². The van der Waals surface area contributed by atoms with Crippen LogP contribution in [-0.4, -0.2) is 54.3 Å². The molecular formula is C32H50NO8P. The highest BCUT2D eigenvalue weighted by Gasteiger charge is 2.23. The lowest BCUT2D eigenvalue weighted by atomic mass is 10.2. The third-order valence-electron chi connectivity index (χ3n) is 5.19. The Balaban J connectivity index is 3.82. The minimum atomic E-state index is -4.40. The molecule has 2 atom stereocenters. The van der Waals surface area contributed by atoms with Gasteiger partial charge in [0.25, 0.3) is 0 Å². The highest BCUT2D eigenvalue weighted by atomic mass is 31.2. The number of esters is 1. The fourth-order valence-corrected chi connectivity index (χ4v) is 3.72. The summed E-state index contributed by atoms with van der Waals surface area (Å²) in [6.45, 7) is 2.70. The van der Waals surface area contributed by atoms with E-state index in [1.54, 1.807) is 13.0 Å². The number of aliphatic hydroxyl groups is 1. The number of allylic oxidation sites excluding steroid dienone is 13. The lowest BCUT2D eigenvalue weighted by Crippen LogP contribution is -2.26. The second-order valence-corrected chi connectivity index (χ2v) is 10.4. The number of hydrogen-bond acceptors (Lipinski definition) is 7. The lowest BCUT2D eigenvalue weighted by Gasteiger charge is -2.15. The Morgan fingerprint density at radius 1 is 0.714 bits per heavy atom. The van der Waals surface area contributed by atoms with Gasteiger partial charge in [-0.15, -0.1) is 0 Å². The molecule has 42 heavy (non-hydrogen) atoms. The van der Waals surface area contributed by atoms with Gasteiger partial charge < -0.3 is 20.1 Å². The van der Waals surface area contributed by atoms with Crippen molar-refractivity contribution in [1.29, 1.82) is 0 Å². The number of carbonyl (C=O) groups is 2. The van der Waals surface area contributed by atoms with Crippen molar-refractivity contribution in [2.24, 2.45) is 0 Å². The van der Waals surface area contributed by atoms with Crippen LogP contribution in [0.15, 0.2) is 85.1 Å². The van der Waals surface area contributed by atoms with Crippen molar-refractivity contribution in [2.45, 2.75) is 77.7 Å². The third kappa shape index (κ3) is 28.7. The molecule has 0 heterocycles. The molecule has 0 radical (unpaired) electrons. The molecular weight excluding hydrogens is 557 g/mol. The van der Waals surface area contributed by atoms with E-state index >= 15 is 0 Å². The Morgan fingerprint density at radius 2 is 1.17 bits per heavy atom. The van der Waals surface area contributed by atoms with Crippen LogP contribution < -0.4 is 5.32 Å². The third-order valence-corrected chi connectivity index (χ3v) is 6.17. The molecule has 2 unspecified atom stereocenters. The molecule has 236 valence electrons. The largest absolute Gasteiger partial charge is 0.472 e. The Hall–Kier alpha value is -2.81. The summed E-state index contributed by atoms with van der Waals surface area (Å²) in [4.78, 5) is 32.4. The van der Waals surface area contributed by atoms with E-state index < -0.39 is 26.5 Å². The molecule has 0 rings (SSSR count). The zero-order valence-electron chi connectivity index (χ0n) is 25.1. The number of phosphoric acid groups is 1. The first-order valence-electron chi connectivity index (χ1n) is 14.6. The minimum Gasteiger partial charge on any atom is -0.463 e. The maximum Gasteiger partial charge on any atom is 0.472 e. The van der Waals surface area contributed by atoms with Crippen molar-refractivity contribution < 1.29 is 37.9 Å². The molecule has 0 aromatic rings. The van der Waals surface area contributed by atoms with Crippen molar-refractivity contribution in [3.63, 3.8) is 0 Å². The van der Waals surface area contributed by atoms with Gasteiger partial charge >= 0.3 is 13.8 Å². The van der Waals surface area contributed by atoms with Crippen LogP contribution in [0.25, 0.3) is 0 Å². The molecule has 0 saturated heterocycles. The van der Waals surface area contributed by atoms with E-state index in [1.807, 2.05) is 12.2 Å². The van der Waals surface area contributed by atoms with Gasteiger partial charge in [-0.1, -0.05) is 98.9 Å². The van der Waals surface area contributed by atoms with Crippen LogP contribution in [0.2, 0.25) is 0 Å². The van der Waals surface area contributed by atoms with Gasteiger partial charge in [0.1, 0.15) is 12.7 Å². The van der Waals surface area contributed by atoms with E-state index in [0.717, 1.165) is 38.5 Å². The van der Waals surface area contributed by atoms with E-state index in [0.29, 0.717) is 6.42 Å². The smallest absolute Gasteiger partial charge is 0.463 e.